The van der Waals surface area contributed by atoms with Gasteiger partial charge in [-0.15, -0.1) is 0 Å². The molecule has 0 aromatic heterocycles. The Morgan fingerprint density at radius 1 is 1.35 bits per heavy atom. The second kappa shape index (κ2) is 6.29. The predicted molar refractivity (Wildman–Crippen MR) is 70.3 cm³/mol. The molecule has 0 atom stereocenters. The molecular weight excluding hydrogens is 262 g/mol. The Bertz CT molecular complexity index is 584. The van der Waals surface area contributed by atoms with E-state index in [1.54, 1.807) is 6.07 Å². The van der Waals surface area contributed by atoms with Crippen molar-refractivity contribution in [3.05, 3.63) is 41.0 Å². The van der Waals surface area contributed by atoms with Crippen LogP contribution in [-0.4, -0.2) is 11.9 Å². The highest BCUT2D eigenvalue weighted by Crippen LogP contribution is 2.19. The molecule has 0 unspecified atom stereocenters. The molecule has 1 aromatic rings. The molecule has 20 heavy (non-hydrogen) atoms. The van der Waals surface area contributed by atoms with Crippen molar-refractivity contribution in [1.29, 1.82) is 5.26 Å². The molecular formula is C15H14F2N2O. The number of rotatable bonds is 3. The van der Waals surface area contributed by atoms with Crippen LogP contribution in [0.3, 0.4) is 0 Å². The van der Waals surface area contributed by atoms with Crippen LogP contribution in [0.15, 0.2) is 23.8 Å². The monoisotopic (exact) mass is 276 g/mol. The second-order valence-electron chi connectivity index (χ2n) is 4.79. The summed E-state index contributed by atoms with van der Waals surface area (Å²) >= 11 is 0. The fraction of sp³-hybridized carbons (Fsp3) is 0.333. The summed E-state index contributed by atoms with van der Waals surface area (Å²) in [5.41, 5.74) is -0.160. The van der Waals surface area contributed by atoms with Crippen LogP contribution in [0.5, 0.6) is 0 Å². The predicted octanol–water partition coefficient (Wildman–Crippen LogP) is 2.93. The molecule has 1 amide bonds. The van der Waals surface area contributed by atoms with Gasteiger partial charge in [0.2, 0.25) is 0 Å². The van der Waals surface area contributed by atoms with Crippen LogP contribution >= 0.6 is 0 Å². The summed E-state index contributed by atoms with van der Waals surface area (Å²) in [5, 5.41) is 11.8. The van der Waals surface area contributed by atoms with Gasteiger partial charge in [0.15, 0.2) is 0 Å². The zero-order valence-corrected chi connectivity index (χ0v) is 10.8. The first kappa shape index (κ1) is 14.2. The van der Waals surface area contributed by atoms with E-state index in [0.717, 1.165) is 43.9 Å². The minimum absolute atomic E-state index is 0.0181. The van der Waals surface area contributed by atoms with E-state index in [1.807, 2.05) is 0 Å². The van der Waals surface area contributed by atoms with Crippen molar-refractivity contribution in [2.24, 2.45) is 0 Å². The van der Waals surface area contributed by atoms with Gasteiger partial charge in [0, 0.05) is 17.7 Å². The van der Waals surface area contributed by atoms with Crippen molar-refractivity contribution in [2.45, 2.75) is 31.7 Å². The maximum Gasteiger partial charge on any atom is 0.262 e. The third-order valence-electron chi connectivity index (χ3n) is 3.32. The molecule has 1 aliphatic carbocycles. The zero-order chi connectivity index (χ0) is 14.5. The fourth-order valence-corrected chi connectivity index (χ4v) is 2.26. The molecule has 3 nitrogen and oxygen atoms in total. The third-order valence-corrected chi connectivity index (χ3v) is 3.32. The number of nitrogens with one attached hydrogen (secondary N) is 1. The number of carbonyl (C=O) groups excluding carboxylic acids is 1. The average molecular weight is 276 g/mol. The van der Waals surface area contributed by atoms with Gasteiger partial charge in [-0.3, -0.25) is 4.79 Å². The van der Waals surface area contributed by atoms with E-state index < -0.39 is 17.5 Å². The number of halogens is 2. The first-order valence-electron chi connectivity index (χ1n) is 6.48. The number of hydrogen-bond acceptors (Lipinski definition) is 2. The van der Waals surface area contributed by atoms with Gasteiger partial charge in [-0.25, -0.2) is 8.78 Å². The lowest BCUT2D eigenvalue weighted by atomic mass is 10.1. The van der Waals surface area contributed by atoms with E-state index in [9.17, 15) is 13.6 Å². The quantitative estimate of drug-likeness (QED) is 0.681. The van der Waals surface area contributed by atoms with Crippen LogP contribution in [-0.2, 0) is 4.79 Å². The Labute approximate surface area is 115 Å². The van der Waals surface area contributed by atoms with E-state index in [1.165, 1.54) is 6.07 Å². The molecule has 0 heterocycles. The standard InChI is InChI=1S/C15H14F2N2O/c16-12-6-5-10(14(17)8-12)7-11(9-18)15(20)19-13-3-1-2-4-13/h5-8,13H,1-4H2,(H,19,20)/b11-7+. The highest BCUT2D eigenvalue weighted by atomic mass is 19.1. The van der Waals surface area contributed by atoms with Crippen LogP contribution in [0, 0.1) is 23.0 Å². The van der Waals surface area contributed by atoms with Crippen molar-refractivity contribution < 1.29 is 13.6 Å². The van der Waals surface area contributed by atoms with Gasteiger partial charge in [0.25, 0.3) is 5.91 Å². The van der Waals surface area contributed by atoms with Crippen LogP contribution in [0.25, 0.3) is 6.08 Å². The van der Waals surface area contributed by atoms with E-state index in [0.29, 0.717) is 0 Å². The topological polar surface area (TPSA) is 52.9 Å². The lowest BCUT2D eigenvalue weighted by Crippen LogP contribution is -2.33. The van der Waals surface area contributed by atoms with Crippen molar-refractivity contribution in [2.75, 3.05) is 0 Å². The lowest BCUT2D eigenvalue weighted by Gasteiger charge is -2.11. The van der Waals surface area contributed by atoms with Crippen LogP contribution in [0.2, 0.25) is 0 Å². The summed E-state index contributed by atoms with van der Waals surface area (Å²) in [7, 11) is 0. The first-order chi connectivity index (χ1) is 9.60. The summed E-state index contributed by atoms with van der Waals surface area (Å²) < 4.78 is 26.3. The van der Waals surface area contributed by atoms with Gasteiger partial charge in [-0.05, 0) is 31.1 Å². The Balaban J connectivity index is 2.16. The number of nitrogens with zero attached hydrogens (tertiary/aromatic N) is 1. The molecule has 0 spiro atoms. The van der Waals surface area contributed by atoms with Crippen molar-refractivity contribution in [3.8, 4) is 6.07 Å². The summed E-state index contributed by atoms with van der Waals surface area (Å²) in [4.78, 5) is 11.9. The van der Waals surface area contributed by atoms with E-state index in [2.05, 4.69) is 5.32 Å². The van der Waals surface area contributed by atoms with Crippen LogP contribution in [0.1, 0.15) is 31.2 Å². The van der Waals surface area contributed by atoms with Crippen molar-refractivity contribution >= 4 is 12.0 Å². The smallest absolute Gasteiger partial charge is 0.262 e. The number of hydrogen-bond donors (Lipinski definition) is 1. The molecule has 1 aromatic carbocycles. The minimum Gasteiger partial charge on any atom is -0.349 e. The summed E-state index contributed by atoms with van der Waals surface area (Å²) in [6.07, 6.45) is 5.05. The number of nitriles is 1. The Hall–Kier alpha value is -2.22. The number of carbonyl (C=O) groups is 1. The summed E-state index contributed by atoms with van der Waals surface area (Å²) in [6.45, 7) is 0. The molecule has 1 fully saturated rings. The molecule has 0 aliphatic heterocycles. The van der Waals surface area contributed by atoms with Gasteiger partial charge in [0.05, 0.1) is 0 Å². The Morgan fingerprint density at radius 2 is 2.05 bits per heavy atom. The molecule has 1 aliphatic rings. The maximum absolute atomic E-state index is 13.5. The van der Waals surface area contributed by atoms with Gasteiger partial charge >= 0.3 is 0 Å². The fourth-order valence-electron chi connectivity index (χ4n) is 2.26. The highest BCUT2D eigenvalue weighted by Gasteiger charge is 2.19. The van der Waals surface area contributed by atoms with Crippen LogP contribution in [0.4, 0.5) is 8.78 Å². The highest BCUT2D eigenvalue weighted by molar-refractivity contribution is 6.01. The summed E-state index contributed by atoms with van der Waals surface area (Å²) in [6, 6.07) is 4.83. The van der Waals surface area contributed by atoms with Gasteiger partial charge in [0.1, 0.15) is 23.3 Å². The SMILES string of the molecule is N#C/C(=C\c1ccc(F)cc1F)C(=O)NC1CCCC1. The first-order valence-corrected chi connectivity index (χ1v) is 6.48. The second-order valence-corrected chi connectivity index (χ2v) is 4.79. The van der Waals surface area contributed by atoms with Crippen molar-refractivity contribution in [1.82, 2.24) is 5.32 Å². The normalized spacial score (nSPS) is 15.9. The molecule has 0 saturated heterocycles. The maximum atomic E-state index is 13.5. The number of benzene rings is 1. The van der Waals surface area contributed by atoms with E-state index >= 15 is 0 Å². The molecule has 0 bridgehead atoms. The Morgan fingerprint density at radius 3 is 2.65 bits per heavy atom. The van der Waals surface area contributed by atoms with Gasteiger partial charge in [-0.2, -0.15) is 5.26 Å². The van der Waals surface area contributed by atoms with Crippen LogP contribution < -0.4 is 5.32 Å². The molecule has 1 N–H and O–H groups in total. The Kier molecular flexibility index (Phi) is 4.46. The lowest BCUT2D eigenvalue weighted by molar-refractivity contribution is -0.117. The molecule has 1 saturated carbocycles. The van der Waals surface area contributed by atoms with E-state index in [-0.39, 0.29) is 17.2 Å². The average Bonchev–Trinajstić information content (AvgIpc) is 2.90. The molecule has 0 radical (unpaired) electrons. The molecule has 5 heteroatoms. The zero-order valence-electron chi connectivity index (χ0n) is 10.8. The summed E-state index contributed by atoms with van der Waals surface area (Å²) in [5.74, 6) is -2.01. The van der Waals surface area contributed by atoms with E-state index in [4.69, 9.17) is 5.26 Å². The van der Waals surface area contributed by atoms with Gasteiger partial charge < -0.3 is 5.32 Å². The van der Waals surface area contributed by atoms with Gasteiger partial charge in [-0.1, -0.05) is 12.8 Å². The number of amides is 1. The molecule has 104 valence electrons. The largest absolute Gasteiger partial charge is 0.349 e. The minimum atomic E-state index is -0.800. The van der Waals surface area contributed by atoms with Crippen molar-refractivity contribution in [3.63, 3.8) is 0 Å². The molecule has 2 rings (SSSR count). The third kappa shape index (κ3) is 3.41.